The average Bonchev–Trinajstić information content (AvgIpc) is 2.38. The summed E-state index contributed by atoms with van der Waals surface area (Å²) in [5.41, 5.74) is -0.155. The maximum Gasteiger partial charge on any atom is 0.416 e. The van der Waals surface area contributed by atoms with Crippen LogP contribution in [0.15, 0.2) is 23.2 Å². The lowest BCUT2D eigenvalue weighted by Gasteiger charge is -2.08. The minimum atomic E-state index is -4.38. The van der Waals surface area contributed by atoms with Gasteiger partial charge in [0.2, 0.25) is 0 Å². The van der Waals surface area contributed by atoms with Gasteiger partial charge in [-0.2, -0.15) is 13.2 Å². The second-order valence-corrected chi connectivity index (χ2v) is 5.66. The minimum Gasteiger partial charge on any atom is -0.237 e. The third kappa shape index (κ3) is 3.55. The van der Waals surface area contributed by atoms with E-state index in [9.17, 15) is 13.2 Å². The van der Waals surface area contributed by atoms with Gasteiger partial charge in [0.1, 0.15) is 5.03 Å². The fourth-order valence-corrected chi connectivity index (χ4v) is 2.85. The van der Waals surface area contributed by atoms with Gasteiger partial charge in [-0.15, -0.1) is 11.8 Å². The van der Waals surface area contributed by atoms with E-state index in [-0.39, 0.29) is 10.7 Å². The topological polar surface area (TPSA) is 25.8 Å². The Morgan fingerprint density at radius 2 is 1.95 bits per heavy atom. The number of nitrogens with zero attached hydrogens (tertiary/aromatic N) is 2. The fraction of sp³-hybridized carbons (Fsp3) is 0.385. The lowest BCUT2D eigenvalue weighted by molar-refractivity contribution is -0.137. The molecule has 0 bridgehead atoms. The van der Waals surface area contributed by atoms with Gasteiger partial charge < -0.3 is 0 Å². The predicted molar refractivity (Wildman–Crippen MR) is 75.2 cm³/mol. The Morgan fingerprint density at radius 3 is 2.60 bits per heavy atom. The number of rotatable bonds is 4. The lowest BCUT2D eigenvalue weighted by Crippen LogP contribution is -2.05. The lowest BCUT2D eigenvalue weighted by atomic mass is 10.2. The number of halogens is 4. The van der Waals surface area contributed by atoms with Crippen molar-refractivity contribution < 1.29 is 13.2 Å². The van der Waals surface area contributed by atoms with E-state index < -0.39 is 11.7 Å². The van der Waals surface area contributed by atoms with Crippen LogP contribution < -0.4 is 0 Å². The van der Waals surface area contributed by atoms with Crippen LogP contribution in [0.2, 0.25) is 5.15 Å². The maximum atomic E-state index is 12.7. The Bertz CT molecular complexity index is 616. The van der Waals surface area contributed by atoms with Crippen molar-refractivity contribution in [2.45, 2.75) is 31.0 Å². The normalized spacial score (nSPS) is 12.1. The van der Waals surface area contributed by atoms with Gasteiger partial charge in [0.25, 0.3) is 0 Å². The van der Waals surface area contributed by atoms with Gasteiger partial charge in [0.05, 0.1) is 16.6 Å². The van der Waals surface area contributed by atoms with Crippen LogP contribution in [-0.4, -0.2) is 15.7 Å². The molecule has 0 fully saturated rings. The molecule has 2 aromatic rings. The fourth-order valence-electron chi connectivity index (χ4n) is 1.60. The molecule has 20 heavy (non-hydrogen) atoms. The summed E-state index contributed by atoms with van der Waals surface area (Å²) in [6.45, 7) is 2.06. The number of benzene rings is 1. The molecule has 2 nitrogen and oxygen atoms in total. The van der Waals surface area contributed by atoms with Gasteiger partial charge in [-0.05, 0) is 30.4 Å². The van der Waals surface area contributed by atoms with Gasteiger partial charge in [-0.3, -0.25) is 0 Å². The SMILES string of the molecule is CCCCSc1nc2cc(C(F)(F)F)ccc2nc1Cl. The van der Waals surface area contributed by atoms with Crippen LogP contribution in [-0.2, 0) is 6.18 Å². The Labute approximate surface area is 123 Å². The molecule has 7 heteroatoms. The zero-order valence-corrected chi connectivity index (χ0v) is 12.2. The first-order valence-corrected chi connectivity index (χ1v) is 7.45. The summed E-state index contributed by atoms with van der Waals surface area (Å²) >= 11 is 7.41. The molecule has 0 aliphatic carbocycles. The summed E-state index contributed by atoms with van der Waals surface area (Å²) in [4.78, 5) is 8.28. The van der Waals surface area contributed by atoms with Gasteiger partial charge >= 0.3 is 6.18 Å². The predicted octanol–water partition coefficient (Wildman–Crippen LogP) is 5.19. The molecule has 0 spiro atoms. The van der Waals surface area contributed by atoms with Crippen molar-refractivity contribution in [1.29, 1.82) is 0 Å². The molecule has 1 aromatic heterocycles. The first kappa shape index (κ1) is 15.4. The highest BCUT2D eigenvalue weighted by Gasteiger charge is 2.30. The molecular weight excluding hydrogens is 309 g/mol. The molecule has 0 amide bonds. The van der Waals surface area contributed by atoms with E-state index in [0.29, 0.717) is 10.5 Å². The quantitative estimate of drug-likeness (QED) is 0.572. The second-order valence-electron chi connectivity index (χ2n) is 4.22. The Kier molecular flexibility index (Phi) is 4.75. The van der Waals surface area contributed by atoms with E-state index in [0.717, 1.165) is 30.7 Å². The summed E-state index contributed by atoms with van der Waals surface area (Å²) < 4.78 is 38.0. The monoisotopic (exact) mass is 320 g/mol. The highest BCUT2D eigenvalue weighted by atomic mass is 35.5. The van der Waals surface area contributed by atoms with Crippen molar-refractivity contribution >= 4 is 34.4 Å². The highest BCUT2D eigenvalue weighted by Crippen LogP contribution is 2.32. The van der Waals surface area contributed by atoms with Gasteiger partial charge in [-0.25, -0.2) is 9.97 Å². The molecule has 1 heterocycles. The van der Waals surface area contributed by atoms with Crippen LogP contribution in [0.1, 0.15) is 25.3 Å². The van der Waals surface area contributed by atoms with Crippen LogP contribution in [0.5, 0.6) is 0 Å². The van der Waals surface area contributed by atoms with E-state index in [1.165, 1.54) is 17.8 Å². The number of alkyl halides is 3. The molecular formula is C13H12ClF3N2S. The first-order chi connectivity index (χ1) is 9.41. The van der Waals surface area contributed by atoms with Crippen molar-refractivity contribution in [2.24, 2.45) is 0 Å². The molecule has 0 aliphatic heterocycles. The zero-order chi connectivity index (χ0) is 14.8. The first-order valence-electron chi connectivity index (χ1n) is 6.09. The Hall–Kier alpha value is -1.01. The van der Waals surface area contributed by atoms with Crippen molar-refractivity contribution in [3.05, 3.63) is 28.9 Å². The van der Waals surface area contributed by atoms with Crippen LogP contribution >= 0.6 is 23.4 Å². The number of unbranched alkanes of at least 4 members (excludes halogenated alkanes) is 1. The largest absolute Gasteiger partial charge is 0.416 e. The summed E-state index contributed by atoms with van der Waals surface area (Å²) in [5.74, 6) is 0.815. The summed E-state index contributed by atoms with van der Waals surface area (Å²) in [7, 11) is 0. The van der Waals surface area contributed by atoms with Crippen molar-refractivity contribution in [3.63, 3.8) is 0 Å². The standard InChI is InChI=1S/C13H12ClF3N2S/c1-2-3-6-20-12-11(14)18-9-5-4-8(13(15,16)17)7-10(9)19-12/h4-5,7H,2-3,6H2,1H3. The maximum absolute atomic E-state index is 12.7. The Morgan fingerprint density at radius 1 is 1.20 bits per heavy atom. The minimum absolute atomic E-state index is 0.211. The average molecular weight is 321 g/mol. The summed E-state index contributed by atoms with van der Waals surface area (Å²) in [6, 6.07) is 3.28. The molecule has 0 saturated carbocycles. The third-order valence-corrected chi connectivity index (χ3v) is 4.08. The van der Waals surface area contributed by atoms with E-state index in [2.05, 4.69) is 16.9 Å². The van der Waals surface area contributed by atoms with Crippen LogP contribution in [0, 0.1) is 0 Å². The molecule has 0 saturated heterocycles. The van der Waals surface area contributed by atoms with Crippen LogP contribution in [0.3, 0.4) is 0 Å². The molecule has 108 valence electrons. The number of thioether (sulfide) groups is 1. The van der Waals surface area contributed by atoms with Crippen LogP contribution in [0.25, 0.3) is 11.0 Å². The van der Waals surface area contributed by atoms with E-state index in [4.69, 9.17) is 11.6 Å². The molecule has 0 N–H and O–H groups in total. The Balaban J connectivity index is 2.38. The third-order valence-electron chi connectivity index (χ3n) is 2.66. The molecule has 2 rings (SSSR count). The number of fused-ring (bicyclic) bond motifs is 1. The molecule has 0 aliphatic rings. The van der Waals surface area contributed by atoms with Crippen molar-refractivity contribution in [1.82, 2.24) is 9.97 Å². The number of aromatic nitrogens is 2. The number of hydrogen-bond donors (Lipinski definition) is 0. The van der Waals surface area contributed by atoms with E-state index in [1.54, 1.807) is 0 Å². The van der Waals surface area contributed by atoms with Gasteiger partial charge in [0.15, 0.2) is 5.15 Å². The molecule has 0 atom stereocenters. The highest BCUT2D eigenvalue weighted by molar-refractivity contribution is 7.99. The number of hydrogen-bond acceptors (Lipinski definition) is 3. The smallest absolute Gasteiger partial charge is 0.237 e. The van der Waals surface area contributed by atoms with E-state index in [1.807, 2.05) is 0 Å². The molecule has 1 aromatic carbocycles. The summed E-state index contributed by atoms with van der Waals surface area (Å²) in [5, 5.41) is 0.713. The molecule has 0 unspecified atom stereocenters. The van der Waals surface area contributed by atoms with E-state index >= 15 is 0 Å². The second kappa shape index (κ2) is 6.18. The van der Waals surface area contributed by atoms with Crippen molar-refractivity contribution in [2.75, 3.05) is 5.75 Å². The van der Waals surface area contributed by atoms with Crippen LogP contribution in [0.4, 0.5) is 13.2 Å². The summed E-state index contributed by atoms with van der Waals surface area (Å²) in [6.07, 6.45) is -2.36. The van der Waals surface area contributed by atoms with Gasteiger partial charge in [-0.1, -0.05) is 24.9 Å². The van der Waals surface area contributed by atoms with Gasteiger partial charge in [0, 0.05) is 0 Å². The zero-order valence-electron chi connectivity index (χ0n) is 10.7. The molecule has 0 radical (unpaired) electrons. The van der Waals surface area contributed by atoms with Crippen molar-refractivity contribution in [3.8, 4) is 0 Å².